The minimum Gasteiger partial charge on any atom is -0.380 e. The van der Waals surface area contributed by atoms with Crippen molar-refractivity contribution in [1.82, 2.24) is 0 Å². The van der Waals surface area contributed by atoms with Gasteiger partial charge in [-0.3, -0.25) is 0 Å². The summed E-state index contributed by atoms with van der Waals surface area (Å²) in [6.45, 7) is 0. The number of hydrogen-bond acceptors (Lipinski definition) is 2. The van der Waals surface area contributed by atoms with Gasteiger partial charge in [0.1, 0.15) is 5.82 Å². The number of rotatable bonds is 2. The first-order valence-corrected chi connectivity index (χ1v) is 7.00. The smallest absolute Gasteiger partial charge is 0.125 e. The second-order valence-electron chi connectivity index (χ2n) is 3.68. The molecule has 0 aromatic heterocycles. The van der Waals surface area contributed by atoms with Crippen LogP contribution in [0.25, 0.3) is 0 Å². The Morgan fingerprint density at radius 1 is 1.47 bits per heavy atom. The highest BCUT2D eigenvalue weighted by Gasteiger charge is 2.14. The molecule has 0 spiro atoms. The molecule has 1 aromatic carbocycles. The minimum absolute atomic E-state index is 0.191. The van der Waals surface area contributed by atoms with Crippen molar-refractivity contribution in [3.05, 3.63) is 28.5 Å². The van der Waals surface area contributed by atoms with E-state index in [1.54, 1.807) is 12.1 Å². The molecule has 0 amide bonds. The van der Waals surface area contributed by atoms with Crippen LogP contribution in [0.2, 0.25) is 0 Å². The minimum atomic E-state index is -0.191. The van der Waals surface area contributed by atoms with Gasteiger partial charge in [0.25, 0.3) is 0 Å². The fourth-order valence-corrected chi connectivity index (χ4v) is 3.12. The lowest BCUT2D eigenvalue weighted by Crippen LogP contribution is -2.25. The van der Waals surface area contributed by atoms with Crippen molar-refractivity contribution in [3.8, 4) is 0 Å². The standard InChI is InChI=1S/C11H13BrFNS/c12-10-4-3-8(13)6-11(10)14-9-2-1-5-15-7-9/h3-4,6,9,14H,1-2,5,7H2. The van der Waals surface area contributed by atoms with Crippen LogP contribution in [0, 0.1) is 5.82 Å². The molecule has 1 N–H and O–H groups in total. The summed E-state index contributed by atoms with van der Waals surface area (Å²) in [7, 11) is 0. The number of halogens is 2. The summed E-state index contributed by atoms with van der Waals surface area (Å²) < 4.78 is 14.0. The molecule has 1 saturated heterocycles. The first kappa shape index (κ1) is 11.3. The van der Waals surface area contributed by atoms with E-state index in [-0.39, 0.29) is 5.82 Å². The van der Waals surface area contributed by atoms with Crippen LogP contribution in [0.1, 0.15) is 12.8 Å². The third kappa shape index (κ3) is 3.11. The molecule has 0 saturated carbocycles. The van der Waals surface area contributed by atoms with Gasteiger partial charge in [-0.2, -0.15) is 11.8 Å². The Hall–Kier alpha value is -0.220. The van der Waals surface area contributed by atoms with Gasteiger partial charge < -0.3 is 5.32 Å². The number of hydrogen-bond donors (Lipinski definition) is 1. The first-order chi connectivity index (χ1) is 7.25. The van der Waals surface area contributed by atoms with E-state index in [1.165, 1.54) is 24.7 Å². The summed E-state index contributed by atoms with van der Waals surface area (Å²) in [6.07, 6.45) is 2.42. The van der Waals surface area contributed by atoms with E-state index in [4.69, 9.17) is 0 Å². The predicted molar refractivity (Wildman–Crippen MR) is 68.1 cm³/mol. The zero-order chi connectivity index (χ0) is 10.7. The van der Waals surface area contributed by atoms with Crippen molar-refractivity contribution < 1.29 is 4.39 Å². The molecular weight excluding hydrogens is 277 g/mol. The van der Waals surface area contributed by atoms with E-state index in [2.05, 4.69) is 21.2 Å². The van der Waals surface area contributed by atoms with Crippen molar-refractivity contribution >= 4 is 33.4 Å². The molecule has 1 aromatic rings. The quantitative estimate of drug-likeness (QED) is 0.886. The van der Waals surface area contributed by atoms with E-state index in [0.717, 1.165) is 15.9 Å². The highest BCUT2D eigenvalue weighted by Crippen LogP contribution is 2.27. The largest absolute Gasteiger partial charge is 0.380 e. The Bertz CT molecular complexity index is 339. The van der Waals surface area contributed by atoms with Gasteiger partial charge in [-0.15, -0.1) is 0 Å². The van der Waals surface area contributed by atoms with Gasteiger partial charge in [0.2, 0.25) is 0 Å². The van der Waals surface area contributed by atoms with Gasteiger partial charge >= 0.3 is 0 Å². The summed E-state index contributed by atoms with van der Waals surface area (Å²) in [5, 5.41) is 3.38. The Balaban J connectivity index is 2.05. The average molecular weight is 290 g/mol. The topological polar surface area (TPSA) is 12.0 Å². The molecule has 0 radical (unpaired) electrons. The molecule has 1 nitrogen and oxygen atoms in total. The van der Waals surface area contributed by atoms with Gasteiger partial charge in [0.05, 0.1) is 5.69 Å². The summed E-state index contributed by atoms with van der Waals surface area (Å²) in [4.78, 5) is 0. The summed E-state index contributed by atoms with van der Waals surface area (Å²) in [5.41, 5.74) is 0.863. The molecule has 2 rings (SSSR count). The molecule has 0 bridgehead atoms. The molecule has 0 aliphatic carbocycles. The lowest BCUT2D eigenvalue weighted by atomic mass is 10.1. The van der Waals surface area contributed by atoms with Gasteiger partial charge in [-0.05, 0) is 52.7 Å². The fraction of sp³-hybridized carbons (Fsp3) is 0.455. The van der Waals surface area contributed by atoms with E-state index in [1.807, 2.05) is 11.8 Å². The normalized spacial score (nSPS) is 21.3. The van der Waals surface area contributed by atoms with Crippen LogP contribution >= 0.6 is 27.7 Å². The first-order valence-electron chi connectivity index (χ1n) is 5.05. The number of nitrogens with one attached hydrogen (secondary N) is 1. The molecule has 82 valence electrons. The van der Waals surface area contributed by atoms with Crippen LogP contribution < -0.4 is 5.32 Å². The van der Waals surface area contributed by atoms with E-state index >= 15 is 0 Å². The molecular formula is C11H13BrFNS. The van der Waals surface area contributed by atoms with Crippen molar-refractivity contribution in [2.45, 2.75) is 18.9 Å². The van der Waals surface area contributed by atoms with Gasteiger partial charge in [0, 0.05) is 16.3 Å². The van der Waals surface area contributed by atoms with Crippen LogP contribution in [0.4, 0.5) is 10.1 Å². The van der Waals surface area contributed by atoms with Gasteiger partial charge in [-0.1, -0.05) is 0 Å². The van der Waals surface area contributed by atoms with E-state index < -0.39 is 0 Å². The third-order valence-electron chi connectivity index (χ3n) is 2.45. The Labute approximate surface area is 102 Å². The highest BCUT2D eigenvalue weighted by atomic mass is 79.9. The molecule has 1 heterocycles. The van der Waals surface area contributed by atoms with Gasteiger partial charge in [-0.25, -0.2) is 4.39 Å². The van der Waals surface area contributed by atoms with Crippen molar-refractivity contribution in [2.24, 2.45) is 0 Å². The molecule has 1 aliphatic heterocycles. The average Bonchev–Trinajstić information content (AvgIpc) is 2.25. The Kier molecular flexibility index (Phi) is 3.92. The lowest BCUT2D eigenvalue weighted by molar-refractivity contribution is 0.626. The van der Waals surface area contributed by atoms with E-state index in [9.17, 15) is 4.39 Å². The Morgan fingerprint density at radius 3 is 3.07 bits per heavy atom. The van der Waals surface area contributed by atoms with Crippen LogP contribution in [0.3, 0.4) is 0 Å². The van der Waals surface area contributed by atoms with Crippen LogP contribution in [-0.2, 0) is 0 Å². The molecule has 1 atom stereocenters. The molecule has 1 unspecified atom stereocenters. The summed E-state index contributed by atoms with van der Waals surface area (Å²) in [6, 6.07) is 5.23. The monoisotopic (exact) mass is 289 g/mol. The molecule has 4 heteroatoms. The Morgan fingerprint density at radius 2 is 2.33 bits per heavy atom. The lowest BCUT2D eigenvalue weighted by Gasteiger charge is -2.24. The summed E-state index contributed by atoms with van der Waals surface area (Å²) >= 11 is 5.38. The van der Waals surface area contributed by atoms with Crippen LogP contribution in [-0.4, -0.2) is 17.5 Å². The third-order valence-corrected chi connectivity index (χ3v) is 4.36. The van der Waals surface area contributed by atoms with Crippen LogP contribution in [0.15, 0.2) is 22.7 Å². The maximum atomic E-state index is 13.0. The number of thioether (sulfide) groups is 1. The molecule has 1 fully saturated rings. The highest BCUT2D eigenvalue weighted by molar-refractivity contribution is 9.10. The molecule has 1 aliphatic rings. The van der Waals surface area contributed by atoms with Crippen molar-refractivity contribution in [3.63, 3.8) is 0 Å². The van der Waals surface area contributed by atoms with Crippen molar-refractivity contribution in [1.29, 1.82) is 0 Å². The zero-order valence-electron chi connectivity index (χ0n) is 8.30. The van der Waals surface area contributed by atoms with E-state index in [0.29, 0.717) is 6.04 Å². The predicted octanol–water partition coefficient (Wildman–Crippen LogP) is 3.90. The SMILES string of the molecule is Fc1ccc(Br)c(NC2CCCSC2)c1. The van der Waals surface area contributed by atoms with Gasteiger partial charge in [0.15, 0.2) is 0 Å². The molecule has 15 heavy (non-hydrogen) atoms. The maximum Gasteiger partial charge on any atom is 0.125 e. The summed E-state index contributed by atoms with van der Waals surface area (Å²) in [5.74, 6) is 2.18. The zero-order valence-corrected chi connectivity index (χ0v) is 10.7. The fourth-order valence-electron chi connectivity index (χ4n) is 1.68. The van der Waals surface area contributed by atoms with Crippen LogP contribution in [0.5, 0.6) is 0 Å². The second-order valence-corrected chi connectivity index (χ2v) is 5.69. The van der Waals surface area contributed by atoms with Crippen molar-refractivity contribution in [2.75, 3.05) is 16.8 Å². The number of benzene rings is 1. The maximum absolute atomic E-state index is 13.0. The second kappa shape index (κ2) is 5.21. The number of anilines is 1.